The van der Waals surface area contributed by atoms with Crippen molar-refractivity contribution < 1.29 is 14.3 Å². The van der Waals surface area contributed by atoms with Crippen molar-refractivity contribution >= 4 is 5.91 Å². The number of hydrogen-bond acceptors (Lipinski definition) is 4. The fourth-order valence-electron chi connectivity index (χ4n) is 2.61. The Balaban J connectivity index is 2.19. The third-order valence-corrected chi connectivity index (χ3v) is 4.04. The molecule has 3 N–H and O–H groups in total. The van der Waals surface area contributed by atoms with Crippen LogP contribution in [-0.2, 0) is 6.54 Å². The summed E-state index contributed by atoms with van der Waals surface area (Å²) in [5, 5.41) is 3.01. The van der Waals surface area contributed by atoms with Gasteiger partial charge in [-0.25, -0.2) is 0 Å². The number of aryl methyl sites for hydroxylation is 1. The Morgan fingerprint density at radius 2 is 1.71 bits per heavy atom. The molecule has 128 valence electrons. The highest BCUT2D eigenvalue weighted by molar-refractivity contribution is 5.94. The van der Waals surface area contributed by atoms with E-state index < -0.39 is 0 Å². The fraction of sp³-hybridized carbons (Fsp3) is 0.316. The van der Waals surface area contributed by atoms with E-state index in [9.17, 15) is 4.79 Å². The van der Waals surface area contributed by atoms with Crippen molar-refractivity contribution in [2.45, 2.75) is 26.4 Å². The first-order valence-corrected chi connectivity index (χ1v) is 7.82. The van der Waals surface area contributed by atoms with E-state index >= 15 is 0 Å². The van der Waals surface area contributed by atoms with Gasteiger partial charge in [-0.1, -0.05) is 12.1 Å². The molecular weight excluding hydrogens is 304 g/mol. The van der Waals surface area contributed by atoms with Crippen LogP contribution in [0.4, 0.5) is 0 Å². The van der Waals surface area contributed by atoms with Gasteiger partial charge in [0.05, 0.1) is 20.3 Å². The molecule has 0 aliphatic carbocycles. The highest BCUT2D eigenvalue weighted by Gasteiger charge is 2.16. The number of methoxy groups -OCH3 is 2. The molecule has 0 aliphatic heterocycles. The molecule has 0 bridgehead atoms. The van der Waals surface area contributed by atoms with Crippen LogP contribution in [-0.4, -0.2) is 20.1 Å². The second kappa shape index (κ2) is 7.84. The van der Waals surface area contributed by atoms with Crippen LogP contribution in [0.2, 0.25) is 0 Å². The van der Waals surface area contributed by atoms with E-state index in [4.69, 9.17) is 15.2 Å². The second-order valence-corrected chi connectivity index (χ2v) is 5.66. The zero-order valence-corrected chi connectivity index (χ0v) is 14.6. The van der Waals surface area contributed by atoms with Crippen molar-refractivity contribution in [2.75, 3.05) is 14.2 Å². The summed E-state index contributed by atoms with van der Waals surface area (Å²) < 4.78 is 10.6. The predicted octanol–water partition coefficient (Wildman–Crippen LogP) is 2.96. The predicted molar refractivity (Wildman–Crippen MR) is 94.5 cm³/mol. The van der Waals surface area contributed by atoms with Crippen LogP contribution in [0, 0.1) is 6.92 Å². The Morgan fingerprint density at radius 1 is 1.12 bits per heavy atom. The molecular formula is C19H24N2O3. The van der Waals surface area contributed by atoms with Crippen molar-refractivity contribution in [3.05, 3.63) is 58.7 Å². The Morgan fingerprint density at radius 3 is 2.25 bits per heavy atom. The molecule has 2 rings (SSSR count). The summed E-state index contributed by atoms with van der Waals surface area (Å²) in [6, 6.07) is 10.9. The third kappa shape index (κ3) is 3.86. The van der Waals surface area contributed by atoms with Crippen LogP contribution in [0.5, 0.6) is 11.5 Å². The summed E-state index contributed by atoms with van der Waals surface area (Å²) in [6.45, 7) is 4.39. The van der Waals surface area contributed by atoms with Gasteiger partial charge < -0.3 is 20.5 Å². The molecule has 0 saturated heterocycles. The average Bonchev–Trinajstić information content (AvgIpc) is 2.61. The van der Waals surface area contributed by atoms with Gasteiger partial charge in [0.2, 0.25) is 0 Å². The molecule has 2 aromatic rings. The molecule has 0 spiro atoms. The van der Waals surface area contributed by atoms with Gasteiger partial charge in [-0.3, -0.25) is 4.79 Å². The number of hydrogen-bond donors (Lipinski definition) is 2. The molecule has 24 heavy (non-hydrogen) atoms. The maximum absolute atomic E-state index is 12.4. The fourth-order valence-corrected chi connectivity index (χ4v) is 2.61. The second-order valence-electron chi connectivity index (χ2n) is 5.66. The third-order valence-electron chi connectivity index (χ3n) is 4.04. The van der Waals surface area contributed by atoms with Crippen molar-refractivity contribution in [2.24, 2.45) is 5.73 Å². The summed E-state index contributed by atoms with van der Waals surface area (Å²) >= 11 is 0. The first kappa shape index (κ1) is 17.8. The molecule has 1 amide bonds. The van der Waals surface area contributed by atoms with Gasteiger partial charge >= 0.3 is 0 Å². The van der Waals surface area contributed by atoms with Gasteiger partial charge in [0, 0.05) is 12.1 Å². The van der Waals surface area contributed by atoms with Crippen LogP contribution in [0.15, 0.2) is 36.4 Å². The maximum Gasteiger partial charge on any atom is 0.251 e. The average molecular weight is 328 g/mol. The largest absolute Gasteiger partial charge is 0.493 e. The standard InChI is InChI=1S/C19H24N2O3/c1-12-9-17(23-3)18(24-4)10-16(12)13(2)21-19(22)15-7-5-14(11-20)6-8-15/h5-10,13H,11,20H2,1-4H3,(H,21,22). The minimum absolute atomic E-state index is 0.125. The SMILES string of the molecule is COc1cc(C)c(C(C)NC(=O)c2ccc(CN)cc2)cc1OC. The van der Waals surface area contributed by atoms with Gasteiger partial charge in [-0.05, 0) is 54.8 Å². The molecule has 2 aromatic carbocycles. The van der Waals surface area contributed by atoms with Gasteiger partial charge in [0.1, 0.15) is 0 Å². The molecule has 1 atom stereocenters. The topological polar surface area (TPSA) is 73.6 Å². The molecule has 1 unspecified atom stereocenters. The molecule has 0 fully saturated rings. The Labute approximate surface area is 142 Å². The van der Waals surface area contributed by atoms with E-state index in [0.717, 1.165) is 16.7 Å². The van der Waals surface area contributed by atoms with Gasteiger partial charge in [0.15, 0.2) is 11.5 Å². The number of benzene rings is 2. The lowest BCUT2D eigenvalue weighted by atomic mass is 10.0. The maximum atomic E-state index is 12.4. The van der Waals surface area contributed by atoms with Gasteiger partial charge in [-0.2, -0.15) is 0 Å². The van der Waals surface area contributed by atoms with Gasteiger partial charge in [0.25, 0.3) is 5.91 Å². The highest BCUT2D eigenvalue weighted by Crippen LogP contribution is 2.32. The van der Waals surface area contributed by atoms with E-state index in [1.165, 1.54) is 0 Å². The molecule has 0 heterocycles. The lowest BCUT2D eigenvalue weighted by Crippen LogP contribution is -2.27. The lowest BCUT2D eigenvalue weighted by Gasteiger charge is -2.19. The molecule has 5 heteroatoms. The first-order valence-electron chi connectivity index (χ1n) is 7.82. The van der Waals surface area contributed by atoms with E-state index in [1.807, 2.05) is 38.1 Å². The summed E-state index contributed by atoms with van der Waals surface area (Å²) in [7, 11) is 3.20. The van der Waals surface area contributed by atoms with Crippen LogP contribution in [0.3, 0.4) is 0 Å². The monoisotopic (exact) mass is 328 g/mol. The van der Waals surface area contributed by atoms with Crippen LogP contribution in [0.1, 0.15) is 40.0 Å². The summed E-state index contributed by atoms with van der Waals surface area (Å²) in [4.78, 5) is 12.4. The van der Waals surface area contributed by atoms with E-state index in [0.29, 0.717) is 23.6 Å². The van der Waals surface area contributed by atoms with Gasteiger partial charge in [-0.15, -0.1) is 0 Å². The molecule has 0 saturated carbocycles. The van der Waals surface area contributed by atoms with Crippen LogP contribution < -0.4 is 20.5 Å². The van der Waals surface area contributed by atoms with Crippen molar-refractivity contribution in [3.8, 4) is 11.5 Å². The molecule has 0 aliphatic rings. The van der Waals surface area contributed by atoms with E-state index in [2.05, 4.69) is 5.32 Å². The summed E-state index contributed by atoms with van der Waals surface area (Å²) in [6.07, 6.45) is 0. The van der Waals surface area contributed by atoms with Crippen molar-refractivity contribution in [3.63, 3.8) is 0 Å². The summed E-state index contributed by atoms with van der Waals surface area (Å²) in [5.41, 5.74) is 9.19. The number of nitrogens with one attached hydrogen (secondary N) is 1. The Kier molecular flexibility index (Phi) is 5.82. The highest BCUT2D eigenvalue weighted by atomic mass is 16.5. The quantitative estimate of drug-likeness (QED) is 0.855. The number of ether oxygens (including phenoxy) is 2. The number of nitrogens with two attached hydrogens (primary N) is 1. The number of rotatable bonds is 6. The van der Waals surface area contributed by atoms with E-state index in [-0.39, 0.29) is 11.9 Å². The summed E-state index contributed by atoms with van der Waals surface area (Å²) in [5.74, 6) is 1.20. The first-order chi connectivity index (χ1) is 11.5. The molecule has 0 radical (unpaired) electrons. The lowest BCUT2D eigenvalue weighted by molar-refractivity contribution is 0.0939. The number of amides is 1. The van der Waals surface area contributed by atoms with Crippen LogP contribution >= 0.6 is 0 Å². The molecule has 0 aromatic heterocycles. The van der Waals surface area contributed by atoms with E-state index in [1.54, 1.807) is 26.4 Å². The van der Waals surface area contributed by atoms with Crippen molar-refractivity contribution in [1.82, 2.24) is 5.32 Å². The normalized spacial score (nSPS) is 11.7. The Hall–Kier alpha value is -2.53. The molecule has 5 nitrogen and oxygen atoms in total. The Bertz CT molecular complexity index is 711. The minimum Gasteiger partial charge on any atom is -0.493 e. The number of carbonyl (C=O) groups excluding carboxylic acids is 1. The zero-order chi connectivity index (χ0) is 17.7. The van der Waals surface area contributed by atoms with Crippen molar-refractivity contribution in [1.29, 1.82) is 0 Å². The minimum atomic E-state index is -0.161. The smallest absolute Gasteiger partial charge is 0.251 e. The van der Waals surface area contributed by atoms with Crippen LogP contribution in [0.25, 0.3) is 0 Å². The number of carbonyl (C=O) groups is 1. The zero-order valence-electron chi connectivity index (χ0n) is 14.6.